The molecular weight excluding hydrogens is 243 g/mol. The zero-order chi connectivity index (χ0) is 13.4. The SMILES string of the molecule is N#Cc1cc(C2CC2)c(-c2cc(F)ccc2O)cn1. The molecule has 0 unspecified atom stereocenters. The van der Waals surface area contributed by atoms with E-state index in [1.807, 2.05) is 6.07 Å². The zero-order valence-electron chi connectivity index (χ0n) is 10.1. The van der Waals surface area contributed by atoms with Gasteiger partial charge in [-0.2, -0.15) is 5.26 Å². The van der Waals surface area contributed by atoms with Gasteiger partial charge in [-0.05, 0) is 48.6 Å². The molecule has 1 aromatic heterocycles. The van der Waals surface area contributed by atoms with Crippen molar-refractivity contribution in [1.82, 2.24) is 4.98 Å². The normalized spacial score (nSPS) is 14.1. The highest BCUT2D eigenvalue weighted by Crippen LogP contribution is 2.45. The first-order chi connectivity index (χ1) is 9.19. The standard InChI is InChI=1S/C15H11FN2O/c16-10-3-4-15(19)13(5-10)14-8-18-11(7-17)6-12(14)9-1-2-9/h3-6,8-9,19H,1-2H2. The maximum atomic E-state index is 13.3. The Hall–Kier alpha value is -2.41. The molecule has 0 saturated heterocycles. The van der Waals surface area contributed by atoms with Gasteiger partial charge < -0.3 is 5.11 Å². The Kier molecular flexibility index (Phi) is 2.68. The molecule has 0 spiro atoms. The average Bonchev–Trinajstić information content (AvgIpc) is 3.25. The van der Waals surface area contributed by atoms with E-state index >= 15 is 0 Å². The summed E-state index contributed by atoms with van der Waals surface area (Å²) in [4.78, 5) is 4.02. The fraction of sp³-hybridized carbons (Fsp3) is 0.200. The maximum Gasteiger partial charge on any atom is 0.140 e. The van der Waals surface area contributed by atoms with E-state index < -0.39 is 5.82 Å². The third-order valence-electron chi connectivity index (χ3n) is 3.32. The summed E-state index contributed by atoms with van der Waals surface area (Å²) in [5, 5.41) is 18.8. The molecule has 3 nitrogen and oxygen atoms in total. The van der Waals surface area contributed by atoms with Gasteiger partial charge in [0.05, 0.1) is 0 Å². The quantitative estimate of drug-likeness (QED) is 0.894. The monoisotopic (exact) mass is 254 g/mol. The van der Waals surface area contributed by atoms with Gasteiger partial charge in [0.2, 0.25) is 0 Å². The third-order valence-corrected chi connectivity index (χ3v) is 3.32. The van der Waals surface area contributed by atoms with Gasteiger partial charge in [-0.1, -0.05) is 0 Å². The summed E-state index contributed by atoms with van der Waals surface area (Å²) in [5.74, 6) is 0.00137. The summed E-state index contributed by atoms with van der Waals surface area (Å²) in [6, 6.07) is 7.58. The number of aromatic hydroxyl groups is 1. The third kappa shape index (κ3) is 2.15. The lowest BCUT2D eigenvalue weighted by Crippen LogP contribution is -1.93. The molecule has 1 fully saturated rings. The van der Waals surface area contributed by atoms with Gasteiger partial charge in [0.15, 0.2) is 0 Å². The summed E-state index contributed by atoms with van der Waals surface area (Å²) in [6.07, 6.45) is 3.65. The van der Waals surface area contributed by atoms with Crippen LogP contribution in [0.25, 0.3) is 11.1 Å². The minimum atomic E-state index is -0.404. The van der Waals surface area contributed by atoms with E-state index in [-0.39, 0.29) is 5.75 Å². The number of pyridine rings is 1. The molecule has 19 heavy (non-hydrogen) atoms. The van der Waals surface area contributed by atoms with Crippen LogP contribution in [-0.2, 0) is 0 Å². The molecular formula is C15H11FN2O. The summed E-state index contributed by atoms with van der Waals surface area (Å²) in [7, 11) is 0. The summed E-state index contributed by atoms with van der Waals surface area (Å²) in [5.41, 5.74) is 2.45. The molecule has 94 valence electrons. The first-order valence-electron chi connectivity index (χ1n) is 6.08. The average molecular weight is 254 g/mol. The van der Waals surface area contributed by atoms with E-state index in [0.717, 1.165) is 18.4 Å². The molecule has 4 heteroatoms. The number of halogens is 1. The van der Waals surface area contributed by atoms with Crippen molar-refractivity contribution in [3.8, 4) is 22.9 Å². The van der Waals surface area contributed by atoms with Crippen molar-refractivity contribution in [1.29, 1.82) is 5.26 Å². The molecule has 1 aromatic carbocycles. The van der Waals surface area contributed by atoms with Gasteiger partial charge in [-0.15, -0.1) is 0 Å². The molecule has 0 aliphatic heterocycles. The molecule has 3 rings (SSSR count). The second kappa shape index (κ2) is 4.36. The summed E-state index contributed by atoms with van der Waals surface area (Å²) >= 11 is 0. The van der Waals surface area contributed by atoms with Gasteiger partial charge in [0, 0.05) is 17.3 Å². The highest BCUT2D eigenvalue weighted by atomic mass is 19.1. The summed E-state index contributed by atoms with van der Waals surface area (Å²) < 4.78 is 13.3. The van der Waals surface area contributed by atoms with Crippen LogP contribution in [0.3, 0.4) is 0 Å². The smallest absolute Gasteiger partial charge is 0.140 e. The number of phenolic OH excluding ortho intramolecular Hbond substituents is 1. The van der Waals surface area contributed by atoms with Crippen LogP contribution in [-0.4, -0.2) is 10.1 Å². The molecule has 2 aromatic rings. The summed E-state index contributed by atoms with van der Waals surface area (Å²) in [6.45, 7) is 0. The topological polar surface area (TPSA) is 56.9 Å². The van der Waals surface area contributed by atoms with Crippen LogP contribution in [0.5, 0.6) is 5.75 Å². The predicted octanol–water partition coefficient (Wildman–Crippen LogP) is 3.34. The number of hydrogen-bond donors (Lipinski definition) is 1. The Morgan fingerprint density at radius 3 is 2.74 bits per heavy atom. The van der Waals surface area contributed by atoms with Crippen molar-refractivity contribution in [3.05, 3.63) is 47.5 Å². The van der Waals surface area contributed by atoms with Gasteiger partial charge in [-0.3, -0.25) is 0 Å². The number of aromatic nitrogens is 1. The fourth-order valence-corrected chi connectivity index (χ4v) is 2.21. The Balaban J connectivity index is 2.19. The Bertz CT molecular complexity index is 687. The van der Waals surface area contributed by atoms with Gasteiger partial charge >= 0.3 is 0 Å². The number of nitriles is 1. The van der Waals surface area contributed by atoms with Crippen LogP contribution >= 0.6 is 0 Å². The van der Waals surface area contributed by atoms with E-state index in [0.29, 0.717) is 22.7 Å². The van der Waals surface area contributed by atoms with Crippen molar-refractivity contribution in [2.75, 3.05) is 0 Å². The van der Waals surface area contributed by atoms with Gasteiger partial charge in [0.1, 0.15) is 23.3 Å². The molecule has 0 bridgehead atoms. The van der Waals surface area contributed by atoms with Gasteiger partial charge in [-0.25, -0.2) is 9.37 Å². The second-order valence-corrected chi connectivity index (χ2v) is 4.70. The number of phenols is 1. The van der Waals surface area contributed by atoms with Crippen LogP contribution in [0.2, 0.25) is 0 Å². The molecule has 0 amide bonds. The van der Waals surface area contributed by atoms with E-state index in [4.69, 9.17) is 5.26 Å². The highest BCUT2D eigenvalue weighted by molar-refractivity contribution is 5.73. The van der Waals surface area contributed by atoms with Gasteiger partial charge in [0.25, 0.3) is 0 Å². The number of hydrogen-bond acceptors (Lipinski definition) is 3. The zero-order valence-corrected chi connectivity index (χ0v) is 10.1. The number of benzene rings is 1. The molecule has 1 aliphatic carbocycles. The molecule has 0 radical (unpaired) electrons. The van der Waals surface area contributed by atoms with Crippen LogP contribution in [0.1, 0.15) is 30.0 Å². The lowest BCUT2D eigenvalue weighted by atomic mass is 9.97. The van der Waals surface area contributed by atoms with Crippen LogP contribution in [0, 0.1) is 17.1 Å². The van der Waals surface area contributed by atoms with Crippen LogP contribution in [0.4, 0.5) is 4.39 Å². The molecule has 0 atom stereocenters. The first kappa shape index (κ1) is 11.7. The second-order valence-electron chi connectivity index (χ2n) is 4.70. The van der Waals surface area contributed by atoms with E-state index in [1.165, 1.54) is 18.2 Å². The van der Waals surface area contributed by atoms with E-state index in [2.05, 4.69) is 4.98 Å². The van der Waals surface area contributed by atoms with Crippen molar-refractivity contribution >= 4 is 0 Å². The molecule has 1 aliphatic rings. The van der Waals surface area contributed by atoms with E-state index in [9.17, 15) is 9.50 Å². The van der Waals surface area contributed by atoms with Crippen LogP contribution < -0.4 is 0 Å². The lowest BCUT2D eigenvalue weighted by Gasteiger charge is -2.10. The minimum absolute atomic E-state index is 0.0230. The van der Waals surface area contributed by atoms with E-state index in [1.54, 1.807) is 12.3 Å². The van der Waals surface area contributed by atoms with Crippen molar-refractivity contribution < 1.29 is 9.50 Å². The number of rotatable bonds is 2. The first-order valence-corrected chi connectivity index (χ1v) is 6.08. The van der Waals surface area contributed by atoms with Crippen molar-refractivity contribution in [2.45, 2.75) is 18.8 Å². The molecule has 1 heterocycles. The lowest BCUT2D eigenvalue weighted by molar-refractivity contribution is 0.475. The van der Waals surface area contributed by atoms with Crippen molar-refractivity contribution in [2.24, 2.45) is 0 Å². The maximum absolute atomic E-state index is 13.3. The molecule has 1 saturated carbocycles. The van der Waals surface area contributed by atoms with Crippen LogP contribution in [0.15, 0.2) is 30.5 Å². The Morgan fingerprint density at radius 1 is 1.26 bits per heavy atom. The Morgan fingerprint density at radius 2 is 2.05 bits per heavy atom. The minimum Gasteiger partial charge on any atom is -0.507 e. The highest BCUT2D eigenvalue weighted by Gasteiger charge is 2.27. The largest absolute Gasteiger partial charge is 0.507 e. The van der Waals surface area contributed by atoms with Crippen molar-refractivity contribution in [3.63, 3.8) is 0 Å². The Labute approximate surface area is 110 Å². The molecule has 1 N–H and O–H groups in total. The predicted molar refractivity (Wildman–Crippen MR) is 68.0 cm³/mol. The number of nitrogens with zero attached hydrogens (tertiary/aromatic N) is 2. The fourth-order valence-electron chi connectivity index (χ4n) is 2.21.